The van der Waals surface area contributed by atoms with E-state index in [9.17, 15) is 4.79 Å². The zero-order chi connectivity index (χ0) is 9.14. The normalized spacial score (nSPS) is 9.92. The van der Waals surface area contributed by atoms with Crippen molar-refractivity contribution >= 4 is 51.5 Å². The third-order valence-electron chi connectivity index (χ3n) is 1.02. The maximum atomic E-state index is 11.1. The van der Waals surface area contributed by atoms with Gasteiger partial charge in [-0.05, 0) is 29.5 Å². The zero-order valence-electron chi connectivity index (χ0n) is 6.13. The molecule has 0 amide bonds. The van der Waals surface area contributed by atoms with Crippen LogP contribution in [0.4, 0.5) is 0 Å². The van der Waals surface area contributed by atoms with E-state index in [0.717, 1.165) is 3.01 Å². The van der Waals surface area contributed by atoms with Crippen molar-refractivity contribution in [2.24, 2.45) is 0 Å². The lowest BCUT2D eigenvalue weighted by molar-refractivity contribution is 0.0532. The van der Waals surface area contributed by atoms with Gasteiger partial charge in [-0.1, -0.05) is 22.9 Å². The van der Waals surface area contributed by atoms with E-state index in [0.29, 0.717) is 11.5 Å². The second-order valence-electron chi connectivity index (χ2n) is 1.81. The molecule has 12 heavy (non-hydrogen) atoms. The van der Waals surface area contributed by atoms with Gasteiger partial charge in [0.2, 0.25) is 0 Å². The number of hydrogen-bond acceptors (Lipinski definition) is 4. The van der Waals surface area contributed by atoms with E-state index in [2.05, 4.69) is 4.98 Å². The molecule has 0 aliphatic carbocycles. The van der Waals surface area contributed by atoms with Crippen LogP contribution in [0, 0.1) is 3.01 Å². The minimum Gasteiger partial charge on any atom is -0.462 e. The molecule has 0 saturated heterocycles. The molecule has 0 bridgehead atoms. The second kappa shape index (κ2) is 4.38. The van der Waals surface area contributed by atoms with E-state index < -0.39 is 5.97 Å². The summed E-state index contributed by atoms with van der Waals surface area (Å²) in [6, 6.07) is 0. The van der Waals surface area contributed by atoms with Gasteiger partial charge in [0.25, 0.3) is 0 Å². The Morgan fingerprint density at radius 3 is 2.92 bits per heavy atom. The Morgan fingerprint density at radius 1 is 1.83 bits per heavy atom. The van der Waals surface area contributed by atoms with Crippen LogP contribution in [0.2, 0.25) is 5.15 Å². The summed E-state index contributed by atoms with van der Waals surface area (Å²) < 4.78 is 5.50. The zero-order valence-corrected chi connectivity index (χ0v) is 9.86. The fourth-order valence-corrected chi connectivity index (χ4v) is 2.55. The summed E-state index contributed by atoms with van der Waals surface area (Å²) in [5.41, 5.74) is 0. The van der Waals surface area contributed by atoms with Crippen molar-refractivity contribution in [1.82, 2.24) is 4.98 Å². The highest BCUT2D eigenvalue weighted by atomic mass is 127. The molecule has 1 rings (SSSR count). The van der Waals surface area contributed by atoms with Crippen LogP contribution < -0.4 is 0 Å². The molecule has 0 aromatic carbocycles. The van der Waals surface area contributed by atoms with Crippen LogP contribution in [0.25, 0.3) is 0 Å². The summed E-state index contributed by atoms with van der Waals surface area (Å²) in [5.74, 6) is -0.400. The summed E-state index contributed by atoms with van der Waals surface area (Å²) in [4.78, 5) is 15.4. The Balaban J connectivity index is 2.87. The lowest BCUT2D eigenvalue weighted by atomic mass is 10.5. The van der Waals surface area contributed by atoms with Crippen LogP contribution in [0.15, 0.2) is 0 Å². The SMILES string of the molecule is CCOC(=O)c1sc(I)nc1Cl. The van der Waals surface area contributed by atoms with Gasteiger partial charge >= 0.3 is 5.97 Å². The van der Waals surface area contributed by atoms with Gasteiger partial charge in [0.1, 0.15) is 0 Å². The van der Waals surface area contributed by atoms with E-state index in [1.165, 1.54) is 11.3 Å². The quantitative estimate of drug-likeness (QED) is 0.622. The molecule has 0 aliphatic heterocycles. The van der Waals surface area contributed by atoms with Crippen molar-refractivity contribution in [3.63, 3.8) is 0 Å². The van der Waals surface area contributed by atoms with E-state index in [1.54, 1.807) is 6.92 Å². The van der Waals surface area contributed by atoms with Crippen LogP contribution in [-0.4, -0.2) is 17.6 Å². The Bertz CT molecular complexity index is 302. The maximum Gasteiger partial charge on any atom is 0.351 e. The minimum atomic E-state index is -0.400. The molecule has 0 fully saturated rings. The lowest BCUT2D eigenvalue weighted by Crippen LogP contribution is -2.02. The van der Waals surface area contributed by atoms with Gasteiger partial charge in [0.15, 0.2) is 13.0 Å². The van der Waals surface area contributed by atoms with E-state index >= 15 is 0 Å². The van der Waals surface area contributed by atoms with Gasteiger partial charge in [-0.25, -0.2) is 9.78 Å². The first kappa shape index (κ1) is 10.2. The molecule has 6 heteroatoms. The summed E-state index contributed by atoms with van der Waals surface area (Å²) in [7, 11) is 0. The number of ether oxygens (including phenoxy) is 1. The van der Waals surface area contributed by atoms with Crippen molar-refractivity contribution in [1.29, 1.82) is 0 Å². The number of hydrogen-bond donors (Lipinski definition) is 0. The molecule has 1 aromatic heterocycles. The molecule has 66 valence electrons. The van der Waals surface area contributed by atoms with Gasteiger partial charge in [-0.15, -0.1) is 0 Å². The standard InChI is InChI=1S/C6H5ClINO2S/c1-2-11-5(10)3-4(7)9-6(8)12-3/h2H2,1H3. The smallest absolute Gasteiger partial charge is 0.351 e. The number of aromatic nitrogens is 1. The fourth-order valence-electron chi connectivity index (χ4n) is 0.600. The Morgan fingerprint density at radius 2 is 2.50 bits per heavy atom. The molecular formula is C6H5ClINO2S. The Labute approximate surface area is 92.2 Å². The Kier molecular flexibility index (Phi) is 3.73. The average molecular weight is 318 g/mol. The predicted molar refractivity (Wildman–Crippen MR) is 55.8 cm³/mol. The molecule has 0 aliphatic rings. The molecule has 0 saturated carbocycles. The molecule has 0 N–H and O–H groups in total. The largest absolute Gasteiger partial charge is 0.462 e. The van der Waals surface area contributed by atoms with Crippen molar-refractivity contribution in [2.45, 2.75) is 6.92 Å². The van der Waals surface area contributed by atoms with Gasteiger partial charge in [0, 0.05) is 0 Å². The van der Waals surface area contributed by atoms with Gasteiger partial charge in [-0.2, -0.15) is 0 Å². The van der Waals surface area contributed by atoms with E-state index in [1.807, 2.05) is 22.6 Å². The first-order chi connectivity index (χ1) is 5.65. The predicted octanol–water partition coefficient (Wildman–Crippen LogP) is 2.58. The maximum absolute atomic E-state index is 11.1. The van der Waals surface area contributed by atoms with Crippen molar-refractivity contribution in [3.05, 3.63) is 13.0 Å². The topological polar surface area (TPSA) is 39.2 Å². The molecule has 0 radical (unpaired) electrons. The summed E-state index contributed by atoms with van der Waals surface area (Å²) >= 11 is 8.90. The number of esters is 1. The summed E-state index contributed by atoms with van der Waals surface area (Å²) in [6.45, 7) is 2.10. The highest BCUT2D eigenvalue weighted by Crippen LogP contribution is 2.24. The number of halogens is 2. The first-order valence-electron chi connectivity index (χ1n) is 3.14. The fraction of sp³-hybridized carbons (Fsp3) is 0.333. The van der Waals surface area contributed by atoms with Crippen LogP contribution >= 0.6 is 45.5 Å². The monoisotopic (exact) mass is 317 g/mol. The van der Waals surface area contributed by atoms with Crippen LogP contribution in [0.1, 0.15) is 16.6 Å². The average Bonchev–Trinajstić information content (AvgIpc) is 2.30. The molecule has 3 nitrogen and oxygen atoms in total. The highest BCUT2D eigenvalue weighted by Gasteiger charge is 2.16. The molecule has 1 heterocycles. The Hall–Kier alpha value is 0.120. The number of thiazole rings is 1. The third kappa shape index (κ3) is 2.30. The van der Waals surface area contributed by atoms with Gasteiger partial charge in [0.05, 0.1) is 6.61 Å². The van der Waals surface area contributed by atoms with E-state index in [-0.39, 0.29) is 5.15 Å². The van der Waals surface area contributed by atoms with Crippen LogP contribution in [-0.2, 0) is 4.74 Å². The second-order valence-corrected chi connectivity index (χ2v) is 4.92. The third-order valence-corrected chi connectivity index (χ3v) is 3.13. The summed E-state index contributed by atoms with van der Waals surface area (Å²) in [5, 5.41) is 0.225. The van der Waals surface area contributed by atoms with Gasteiger partial charge < -0.3 is 4.74 Å². The highest BCUT2D eigenvalue weighted by molar-refractivity contribution is 14.1. The van der Waals surface area contributed by atoms with Gasteiger partial charge in [-0.3, -0.25) is 0 Å². The number of nitrogens with zero attached hydrogens (tertiary/aromatic N) is 1. The minimum absolute atomic E-state index is 0.225. The molecule has 0 atom stereocenters. The van der Waals surface area contributed by atoms with Crippen molar-refractivity contribution in [2.75, 3.05) is 6.61 Å². The number of carbonyl (C=O) groups excluding carboxylic acids is 1. The van der Waals surface area contributed by atoms with E-state index in [4.69, 9.17) is 16.3 Å². The number of carbonyl (C=O) groups is 1. The van der Waals surface area contributed by atoms with Crippen molar-refractivity contribution < 1.29 is 9.53 Å². The summed E-state index contributed by atoms with van der Waals surface area (Å²) in [6.07, 6.45) is 0. The van der Waals surface area contributed by atoms with Crippen LogP contribution in [0.3, 0.4) is 0 Å². The van der Waals surface area contributed by atoms with Crippen molar-refractivity contribution in [3.8, 4) is 0 Å². The first-order valence-corrected chi connectivity index (χ1v) is 5.41. The number of rotatable bonds is 2. The molecular weight excluding hydrogens is 312 g/mol. The molecule has 0 spiro atoms. The van der Waals surface area contributed by atoms with Crippen LogP contribution in [0.5, 0.6) is 0 Å². The lowest BCUT2D eigenvalue weighted by Gasteiger charge is -1.96. The molecule has 0 unspecified atom stereocenters. The molecule has 1 aromatic rings.